The third kappa shape index (κ3) is 2.79. The molecular weight excluding hydrogens is 180 g/mol. The van der Waals surface area contributed by atoms with Crippen LogP contribution >= 0.6 is 0 Å². The van der Waals surface area contributed by atoms with E-state index in [2.05, 4.69) is 6.92 Å². The fourth-order valence-electron chi connectivity index (χ4n) is 2.04. The maximum atomic E-state index is 5.44. The van der Waals surface area contributed by atoms with Crippen LogP contribution in [0.1, 0.15) is 32.6 Å². The summed E-state index contributed by atoms with van der Waals surface area (Å²) in [6.45, 7) is 2.27. The molecule has 0 aromatic carbocycles. The van der Waals surface area contributed by atoms with Gasteiger partial charge in [0.05, 0.1) is 0 Å². The van der Waals surface area contributed by atoms with Crippen LogP contribution in [-0.4, -0.2) is 29.5 Å². The molecule has 0 aliphatic heterocycles. The van der Waals surface area contributed by atoms with E-state index in [1.54, 1.807) is 14.2 Å². The van der Waals surface area contributed by atoms with Crippen LogP contribution in [0.2, 0.25) is 11.6 Å². The number of rotatable bonds is 4. The quantitative estimate of drug-likeness (QED) is 0.513. The monoisotopic (exact) mass is 200 g/mol. The van der Waals surface area contributed by atoms with E-state index in [-0.39, 0.29) is 5.79 Å². The number of ether oxygens (including phenoxy) is 2. The van der Waals surface area contributed by atoms with E-state index in [4.69, 9.17) is 9.47 Å². The van der Waals surface area contributed by atoms with Crippen molar-refractivity contribution in [3.05, 3.63) is 0 Å². The first-order valence-electron chi connectivity index (χ1n) is 5.10. The zero-order valence-electron chi connectivity index (χ0n) is 8.93. The van der Waals surface area contributed by atoms with Gasteiger partial charge in [0.1, 0.15) is 0 Å². The van der Waals surface area contributed by atoms with Gasteiger partial charge < -0.3 is 9.47 Å². The minimum Gasteiger partial charge on any atom is -0.353 e. The van der Waals surface area contributed by atoms with Crippen molar-refractivity contribution in [1.29, 1.82) is 0 Å². The van der Waals surface area contributed by atoms with Crippen molar-refractivity contribution in [3.63, 3.8) is 0 Å². The topological polar surface area (TPSA) is 18.5 Å². The van der Waals surface area contributed by atoms with Crippen molar-refractivity contribution < 1.29 is 9.47 Å². The Kier molecular flexibility index (Phi) is 4.42. The van der Waals surface area contributed by atoms with Crippen LogP contribution < -0.4 is 0 Å². The lowest BCUT2D eigenvalue weighted by Crippen LogP contribution is -2.37. The number of hydrogen-bond donors (Lipinski definition) is 0. The molecule has 76 valence electrons. The molecule has 0 unspecified atom stereocenters. The molecule has 13 heavy (non-hydrogen) atoms. The van der Waals surface area contributed by atoms with Gasteiger partial charge in [-0.05, 0) is 18.4 Å². The molecule has 1 aliphatic carbocycles. The first-order valence-corrected chi connectivity index (χ1v) is 6.38. The highest BCUT2D eigenvalue weighted by Gasteiger charge is 2.34. The third-order valence-electron chi connectivity index (χ3n) is 2.98. The summed E-state index contributed by atoms with van der Waals surface area (Å²) in [4.78, 5) is 0. The van der Waals surface area contributed by atoms with Gasteiger partial charge in [-0.1, -0.05) is 13.0 Å². The fraction of sp³-hybridized carbons (Fsp3) is 1.00. The molecular formula is C10H20O2Si. The molecule has 0 saturated heterocycles. The molecule has 0 bridgehead atoms. The lowest BCUT2D eigenvalue weighted by molar-refractivity contribution is -0.222. The summed E-state index contributed by atoms with van der Waals surface area (Å²) in [6, 6.07) is 1.33. The summed E-state index contributed by atoms with van der Waals surface area (Å²) in [5.74, 6) is -0.255. The molecule has 2 radical (unpaired) electrons. The Bertz CT molecular complexity index is 136. The van der Waals surface area contributed by atoms with Gasteiger partial charge >= 0.3 is 0 Å². The largest absolute Gasteiger partial charge is 0.353 e. The Morgan fingerprint density at radius 2 is 1.77 bits per heavy atom. The van der Waals surface area contributed by atoms with Crippen LogP contribution in [0.3, 0.4) is 0 Å². The average Bonchev–Trinajstić information content (AvgIpc) is 2.20. The number of hydrogen-bond acceptors (Lipinski definition) is 2. The van der Waals surface area contributed by atoms with Crippen LogP contribution in [0.25, 0.3) is 0 Å². The Balaban J connectivity index is 2.36. The number of methoxy groups -OCH3 is 2. The van der Waals surface area contributed by atoms with E-state index in [0.29, 0.717) is 0 Å². The molecule has 2 nitrogen and oxygen atoms in total. The van der Waals surface area contributed by atoms with Crippen LogP contribution in [0.4, 0.5) is 0 Å². The Morgan fingerprint density at radius 3 is 2.15 bits per heavy atom. The molecule has 1 rings (SSSR count). The summed E-state index contributed by atoms with van der Waals surface area (Å²) in [5, 5.41) is 0. The molecule has 1 fully saturated rings. The lowest BCUT2D eigenvalue weighted by Gasteiger charge is -2.37. The van der Waals surface area contributed by atoms with E-state index in [0.717, 1.165) is 27.9 Å². The first kappa shape index (κ1) is 11.2. The van der Waals surface area contributed by atoms with Crippen molar-refractivity contribution in [1.82, 2.24) is 0 Å². The van der Waals surface area contributed by atoms with Gasteiger partial charge in [-0.3, -0.25) is 0 Å². The van der Waals surface area contributed by atoms with Gasteiger partial charge in [0.2, 0.25) is 0 Å². The average molecular weight is 200 g/mol. The predicted molar refractivity (Wildman–Crippen MR) is 55.2 cm³/mol. The van der Waals surface area contributed by atoms with Crippen molar-refractivity contribution in [3.8, 4) is 0 Å². The summed E-state index contributed by atoms with van der Waals surface area (Å²) in [5.41, 5.74) is 0.934. The summed E-state index contributed by atoms with van der Waals surface area (Å²) in [7, 11) is 4.64. The Morgan fingerprint density at radius 1 is 1.23 bits per heavy atom. The smallest absolute Gasteiger partial charge is 0.167 e. The predicted octanol–water partition coefficient (Wildman–Crippen LogP) is 2.48. The Hall–Kier alpha value is 0.137. The van der Waals surface area contributed by atoms with Crippen molar-refractivity contribution >= 4 is 9.52 Å². The van der Waals surface area contributed by atoms with Crippen molar-refractivity contribution in [2.75, 3.05) is 14.2 Å². The maximum Gasteiger partial charge on any atom is 0.167 e. The minimum absolute atomic E-state index is 0.255. The molecule has 3 heteroatoms. The maximum absolute atomic E-state index is 5.44. The summed E-state index contributed by atoms with van der Waals surface area (Å²) in [6.07, 6.45) is 4.68. The molecule has 0 amide bonds. The molecule has 1 aliphatic rings. The molecule has 0 spiro atoms. The van der Waals surface area contributed by atoms with Crippen molar-refractivity contribution in [2.45, 2.75) is 50.0 Å². The zero-order chi connectivity index (χ0) is 9.73. The van der Waals surface area contributed by atoms with Gasteiger partial charge in [0, 0.05) is 36.6 Å². The highest BCUT2D eigenvalue weighted by molar-refractivity contribution is 6.37. The van der Waals surface area contributed by atoms with Crippen LogP contribution in [0.15, 0.2) is 0 Å². The molecule has 0 N–H and O–H groups in total. The van der Waals surface area contributed by atoms with E-state index >= 15 is 0 Å². The van der Waals surface area contributed by atoms with Crippen LogP contribution in [0, 0.1) is 0 Å². The summed E-state index contributed by atoms with van der Waals surface area (Å²) < 4.78 is 10.9. The van der Waals surface area contributed by atoms with Gasteiger partial charge in [0.25, 0.3) is 0 Å². The fourth-order valence-corrected chi connectivity index (χ4v) is 3.32. The Labute approximate surface area is 83.8 Å². The van der Waals surface area contributed by atoms with E-state index in [1.807, 2.05) is 0 Å². The zero-order valence-corrected chi connectivity index (χ0v) is 9.93. The first-order chi connectivity index (χ1) is 6.26. The van der Waals surface area contributed by atoms with Crippen LogP contribution in [0.5, 0.6) is 0 Å². The highest BCUT2D eigenvalue weighted by Crippen LogP contribution is 2.37. The highest BCUT2D eigenvalue weighted by atomic mass is 28.2. The molecule has 1 saturated carbocycles. The van der Waals surface area contributed by atoms with Crippen LogP contribution in [-0.2, 0) is 9.47 Å². The summed E-state index contributed by atoms with van der Waals surface area (Å²) >= 11 is 0. The van der Waals surface area contributed by atoms with Gasteiger partial charge in [-0.15, -0.1) is 0 Å². The van der Waals surface area contributed by atoms with E-state index in [9.17, 15) is 0 Å². The normalized spacial score (nSPS) is 23.3. The van der Waals surface area contributed by atoms with Crippen molar-refractivity contribution in [2.24, 2.45) is 0 Å². The van der Waals surface area contributed by atoms with Gasteiger partial charge in [0.15, 0.2) is 5.79 Å². The molecule has 0 heterocycles. The molecule has 0 atom stereocenters. The molecule has 0 aromatic rings. The van der Waals surface area contributed by atoms with Gasteiger partial charge in [-0.25, -0.2) is 0 Å². The lowest BCUT2D eigenvalue weighted by atomic mass is 9.93. The second-order valence-corrected chi connectivity index (χ2v) is 5.58. The second kappa shape index (κ2) is 5.13. The second-order valence-electron chi connectivity index (χ2n) is 3.65. The van der Waals surface area contributed by atoms with E-state index in [1.165, 1.54) is 18.9 Å². The third-order valence-corrected chi connectivity index (χ3v) is 4.55. The molecule has 0 aromatic heterocycles. The van der Waals surface area contributed by atoms with E-state index < -0.39 is 0 Å². The standard InChI is InChI=1S/C10H20O2Si/c1-4-13-9-5-7-10(11-2,12-3)8-6-9/h9H,4-8H2,1-3H3. The van der Waals surface area contributed by atoms with Gasteiger partial charge in [-0.2, -0.15) is 0 Å². The SMILES string of the molecule is CC[Si]C1CCC(OC)(OC)CC1. The minimum atomic E-state index is -0.255.